The molecule has 5 rings (SSSR count). The fourth-order valence-electron chi connectivity index (χ4n) is 5.22. The van der Waals surface area contributed by atoms with Gasteiger partial charge in [-0.25, -0.2) is 0 Å². The molecule has 0 saturated heterocycles. The van der Waals surface area contributed by atoms with Gasteiger partial charge in [0.15, 0.2) is 0 Å². The second-order valence-electron chi connectivity index (χ2n) is 7.75. The Labute approximate surface area is 154 Å². The highest BCUT2D eigenvalue weighted by Gasteiger charge is 2.51. The third kappa shape index (κ3) is 2.35. The zero-order chi connectivity index (χ0) is 16.9. The number of hydrogen-bond donors (Lipinski definition) is 0. The van der Waals surface area contributed by atoms with Crippen LogP contribution in [0.15, 0.2) is 78.9 Å². The van der Waals surface area contributed by atoms with Crippen molar-refractivity contribution in [2.45, 2.75) is 36.0 Å². The van der Waals surface area contributed by atoms with E-state index in [0.29, 0.717) is 0 Å². The number of alkyl halides is 1. The molecule has 2 aliphatic rings. The van der Waals surface area contributed by atoms with Crippen molar-refractivity contribution in [2.75, 3.05) is 0 Å². The Morgan fingerprint density at radius 2 is 1.28 bits per heavy atom. The summed E-state index contributed by atoms with van der Waals surface area (Å²) in [5.41, 5.74) is 7.19. The molecule has 0 nitrogen and oxygen atoms in total. The zero-order valence-electron chi connectivity index (χ0n) is 14.2. The van der Waals surface area contributed by atoms with Crippen LogP contribution in [0.2, 0.25) is 0 Å². The van der Waals surface area contributed by atoms with E-state index in [9.17, 15) is 0 Å². The minimum absolute atomic E-state index is 0.0896. The van der Waals surface area contributed by atoms with Crippen molar-refractivity contribution >= 4 is 11.6 Å². The summed E-state index contributed by atoms with van der Waals surface area (Å²) in [5.74, 6) is 0. The van der Waals surface area contributed by atoms with Gasteiger partial charge in [-0.1, -0.05) is 78.9 Å². The van der Waals surface area contributed by atoms with Crippen LogP contribution in [-0.2, 0) is 29.6 Å². The summed E-state index contributed by atoms with van der Waals surface area (Å²) in [5, 5.41) is 0. The van der Waals surface area contributed by atoms with Crippen LogP contribution in [0.4, 0.5) is 0 Å². The number of benzene rings is 3. The summed E-state index contributed by atoms with van der Waals surface area (Å²) in [4.78, 5) is -0.280. The van der Waals surface area contributed by atoms with E-state index < -0.39 is 0 Å². The van der Waals surface area contributed by atoms with E-state index in [1.54, 1.807) is 0 Å². The van der Waals surface area contributed by atoms with Crippen LogP contribution < -0.4 is 0 Å². The Hall–Kier alpha value is -2.05. The van der Waals surface area contributed by atoms with Gasteiger partial charge in [0.05, 0.1) is 4.87 Å². The zero-order valence-corrected chi connectivity index (χ0v) is 15.0. The van der Waals surface area contributed by atoms with Crippen molar-refractivity contribution in [1.82, 2.24) is 0 Å². The van der Waals surface area contributed by atoms with Crippen LogP contribution in [0.25, 0.3) is 0 Å². The van der Waals surface area contributed by atoms with E-state index in [1.165, 1.54) is 27.8 Å². The molecule has 0 amide bonds. The van der Waals surface area contributed by atoms with Crippen molar-refractivity contribution in [3.8, 4) is 0 Å². The number of hydrogen-bond acceptors (Lipinski definition) is 0. The van der Waals surface area contributed by atoms with Gasteiger partial charge >= 0.3 is 0 Å². The lowest BCUT2D eigenvalue weighted by Crippen LogP contribution is -2.48. The molecule has 0 aliphatic heterocycles. The number of fused-ring (bicyclic) bond motifs is 6. The maximum atomic E-state index is 7.32. The van der Waals surface area contributed by atoms with E-state index >= 15 is 0 Å². The van der Waals surface area contributed by atoms with Gasteiger partial charge in [0.1, 0.15) is 0 Å². The highest BCUT2D eigenvalue weighted by atomic mass is 35.5. The molecule has 2 bridgehead atoms. The average molecular weight is 345 g/mol. The highest BCUT2D eigenvalue weighted by Crippen LogP contribution is 2.56. The summed E-state index contributed by atoms with van der Waals surface area (Å²) >= 11 is 7.32. The molecule has 0 fully saturated rings. The lowest BCUT2D eigenvalue weighted by Gasteiger charge is -2.51. The molecule has 0 unspecified atom stereocenters. The molecular weight excluding hydrogens is 324 g/mol. The molecule has 0 aromatic heterocycles. The molecule has 1 heteroatoms. The van der Waals surface area contributed by atoms with Crippen molar-refractivity contribution in [3.05, 3.63) is 107 Å². The van der Waals surface area contributed by atoms with Gasteiger partial charge in [-0.3, -0.25) is 0 Å². The van der Waals surface area contributed by atoms with Crippen LogP contribution in [0.1, 0.15) is 34.2 Å². The van der Waals surface area contributed by atoms with Gasteiger partial charge in [0.25, 0.3) is 0 Å². The molecular formula is C24H21Cl. The second kappa shape index (κ2) is 5.47. The molecule has 2 aliphatic carbocycles. The largest absolute Gasteiger partial charge is 0.114 e. The maximum Gasteiger partial charge on any atom is 0.0746 e. The summed E-state index contributed by atoms with van der Waals surface area (Å²) in [6.07, 6.45) is 4.07. The van der Waals surface area contributed by atoms with Crippen molar-refractivity contribution in [3.63, 3.8) is 0 Å². The summed E-state index contributed by atoms with van der Waals surface area (Å²) in [6.45, 7) is 0. The Balaban J connectivity index is 1.72. The minimum atomic E-state index is -0.280. The lowest BCUT2D eigenvalue weighted by molar-refractivity contribution is 0.278. The summed E-state index contributed by atoms with van der Waals surface area (Å²) < 4.78 is 0. The van der Waals surface area contributed by atoms with Crippen molar-refractivity contribution in [2.24, 2.45) is 0 Å². The molecule has 25 heavy (non-hydrogen) atoms. The molecule has 0 radical (unpaired) electrons. The third-order valence-corrected chi connectivity index (χ3v) is 6.56. The number of halogens is 1. The molecule has 0 saturated carbocycles. The van der Waals surface area contributed by atoms with Crippen molar-refractivity contribution in [1.29, 1.82) is 0 Å². The minimum Gasteiger partial charge on any atom is -0.114 e. The van der Waals surface area contributed by atoms with Crippen LogP contribution in [0.3, 0.4) is 0 Å². The van der Waals surface area contributed by atoms with Crippen LogP contribution in [-0.4, -0.2) is 0 Å². The molecule has 0 spiro atoms. The van der Waals surface area contributed by atoms with E-state index in [2.05, 4.69) is 78.9 Å². The van der Waals surface area contributed by atoms with Gasteiger partial charge in [-0.05, 0) is 53.5 Å². The molecule has 0 N–H and O–H groups in total. The van der Waals surface area contributed by atoms with Crippen molar-refractivity contribution < 1.29 is 0 Å². The average Bonchev–Trinajstić information content (AvgIpc) is 2.62. The molecule has 124 valence electrons. The fraction of sp³-hybridized carbons (Fsp3) is 0.250. The third-order valence-electron chi connectivity index (χ3n) is 6.09. The standard InChI is InChI=1S/C24H21Cl/c25-24-16-20-11-4-6-12-21(20)23(17-24,14-18-8-2-1-3-9-18)15-19-10-5-7-13-22(19)24/h1-13H,14-17H2/t23-,24+/m1/s1. The lowest BCUT2D eigenvalue weighted by atomic mass is 9.56. The molecule has 0 heterocycles. The van der Waals surface area contributed by atoms with E-state index in [4.69, 9.17) is 11.6 Å². The van der Waals surface area contributed by atoms with Crippen LogP contribution in [0.5, 0.6) is 0 Å². The second-order valence-corrected chi connectivity index (χ2v) is 8.48. The quantitative estimate of drug-likeness (QED) is 0.515. The van der Waals surface area contributed by atoms with Gasteiger partial charge in [0, 0.05) is 5.41 Å². The monoisotopic (exact) mass is 344 g/mol. The van der Waals surface area contributed by atoms with Gasteiger partial charge in [-0.2, -0.15) is 0 Å². The smallest absolute Gasteiger partial charge is 0.0746 e. The summed E-state index contributed by atoms with van der Waals surface area (Å²) in [7, 11) is 0. The molecule has 3 aromatic rings. The fourth-order valence-corrected chi connectivity index (χ4v) is 5.80. The Bertz CT molecular complexity index is 930. The normalized spacial score (nSPS) is 26.6. The first-order chi connectivity index (χ1) is 12.2. The molecule has 2 atom stereocenters. The maximum absolute atomic E-state index is 7.32. The predicted octanol–water partition coefficient (Wildman–Crippen LogP) is 5.80. The van der Waals surface area contributed by atoms with E-state index in [-0.39, 0.29) is 10.3 Å². The Kier molecular flexibility index (Phi) is 3.33. The molecule has 3 aromatic carbocycles. The topological polar surface area (TPSA) is 0 Å². The van der Waals surface area contributed by atoms with E-state index in [0.717, 1.165) is 25.7 Å². The first-order valence-corrected chi connectivity index (χ1v) is 9.46. The summed E-state index contributed by atoms with van der Waals surface area (Å²) in [6, 6.07) is 28.6. The van der Waals surface area contributed by atoms with Gasteiger partial charge < -0.3 is 0 Å². The predicted molar refractivity (Wildman–Crippen MR) is 104 cm³/mol. The SMILES string of the molecule is Cl[C@]12Cc3ccccc3[C@](Cc3ccccc3)(Cc3ccccc31)C2. The first kappa shape index (κ1) is 15.2. The highest BCUT2D eigenvalue weighted by molar-refractivity contribution is 6.24. The Morgan fingerprint density at radius 3 is 2.04 bits per heavy atom. The first-order valence-electron chi connectivity index (χ1n) is 9.08. The van der Waals surface area contributed by atoms with Crippen LogP contribution in [0, 0.1) is 0 Å². The van der Waals surface area contributed by atoms with Crippen LogP contribution >= 0.6 is 11.6 Å². The van der Waals surface area contributed by atoms with E-state index in [1.807, 2.05) is 0 Å². The Morgan fingerprint density at radius 1 is 0.680 bits per heavy atom. The van der Waals surface area contributed by atoms with Gasteiger partial charge in [0.2, 0.25) is 0 Å². The number of rotatable bonds is 2. The van der Waals surface area contributed by atoms with Gasteiger partial charge in [-0.15, -0.1) is 11.6 Å².